The van der Waals surface area contributed by atoms with E-state index in [9.17, 15) is 22.7 Å². The minimum absolute atomic E-state index is 0.0344. The zero-order chi connectivity index (χ0) is 23.0. The third-order valence-corrected chi connectivity index (χ3v) is 7.05. The summed E-state index contributed by atoms with van der Waals surface area (Å²) in [5.41, 5.74) is 1.45. The normalized spacial score (nSPS) is 15.2. The summed E-state index contributed by atoms with van der Waals surface area (Å²) in [5, 5.41) is 13.0. The molecule has 2 heterocycles. The van der Waals surface area contributed by atoms with Crippen LogP contribution in [0, 0.1) is 5.82 Å². The second-order valence-corrected chi connectivity index (χ2v) is 9.54. The van der Waals surface area contributed by atoms with Crippen LogP contribution in [-0.4, -0.2) is 30.5 Å². The van der Waals surface area contributed by atoms with Gasteiger partial charge in [0.25, 0.3) is 0 Å². The highest BCUT2D eigenvalue weighted by molar-refractivity contribution is 7.91. The summed E-state index contributed by atoms with van der Waals surface area (Å²) in [4.78, 5) is 18.9. The number of hydrogen-bond acceptors (Lipinski definition) is 6. The fourth-order valence-electron chi connectivity index (χ4n) is 3.60. The van der Waals surface area contributed by atoms with Gasteiger partial charge in [0.2, 0.25) is 9.84 Å². The van der Waals surface area contributed by atoms with Crippen LogP contribution in [-0.2, 0) is 14.6 Å². The first-order chi connectivity index (χ1) is 15.2. The van der Waals surface area contributed by atoms with Crippen LogP contribution in [0.15, 0.2) is 69.6 Å². The Balaban J connectivity index is 1.79. The number of nitrogens with one attached hydrogen (secondary N) is 1. The average Bonchev–Trinajstić information content (AvgIpc) is 3.03. The lowest BCUT2D eigenvalue weighted by molar-refractivity contribution is -0.135. The number of carboxylic acid groups (broad SMARTS) is 1. The number of benzene rings is 2. The molecular formula is C22H17ClFN3O4S. The number of aromatic nitrogens is 1. The van der Waals surface area contributed by atoms with Crippen LogP contribution in [0.2, 0.25) is 5.02 Å². The Bertz CT molecular complexity index is 1460. The molecular weight excluding hydrogens is 457 g/mol. The molecule has 1 aliphatic rings. The summed E-state index contributed by atoms with van der Waals surface area (Å²) in [6, 6.07) is 9.26. The lowest BCUT2D eigenvalue weighted by atomic mass is 10.0. The van der Waals surface area contributed by atoms with Gasteiger partial charge in [0, 0.05) is 17.1 Å². The van der Waals surface area contributed by atoms with Gasteiger partial charge in [0.05, 0.1) is 39.6 Å². The molecule has 3 aromatic rings. The van der Waals surface area contributed by atoms with Crippen molar-refractivity contribution in [3.05, 3.63) is 76.3 Å². The summed E-state index contributed by atoms with van der Waals surface area (Å²) >= 11 is 5.91. The minimum atomic E-state index is -4.29. The maximum atomic E-state index is 14.9. The van der Waals surface area contributed by atoms with E-state index >= 15 is 0 Å². The molecule has 0 amide bonds. The van der Waals surface area contributed by atoms with Gasteiger partial charge in [0.15, 0.2) is 0 Å². The zero-order valence-corrected chi connectivity index (χ0v) is 18.3. The largest absolute Gasteiger partial charge is 0.481 e. The van der Waals surface area contributed by atoms with Gasteiger partial charge < -0.3 is 10.4 Å². The smallest absolute Gasteiger partial charge is 0.307 e. The molecule has 2 aromatic carbocycles. The van der Waals surface area contributed by atoms with E-state index in [1.54, 1.807) is 19.2 Å². The van der Waals surface area contributed by atoms with Crippen molar-refractivity contribution in [2.45, 2.75) is 29.2 Å². The quantitative estimate of drug-likeness (QED) is 0.569. The Morgan fingerprint density at radius 2 is 1.88 bits per heavy atom. The topological polar surface area (TPSA) is 109 Å². The van der Waals surface area contributed by atoms with Crippen LogP contribution in [0.3, 0.4) is 0 Å². The van der Waals surface area contributed by atoms with E-state index < -0.39 is 39.0 Å². The highest BCUT2D eigenvalue weighted by atomic mass is 35.5. The average molecular weight is 474 g/mol. The highest BCUT2D eigenvalue weighted by Crippen LogP contribution is 2.26. The molecule has 0 radical (unpaired) electrons. The lowest BCUT2D eigenvalue weighted by Gasteiger charge is -2.11. The van der Waals surface area contributed by atoms with Gasteiger partial charge in [0.1, 0.15) is 10.7 Å². The third-order valence-electron chi connectivity index (χ3n) is 5.01. The lowest BCUT2D eigenvalue weighted by Crippen LogP contribution is -2.32. The molecule has 0 saturated heterocycles. The number of carboxylic acids is 1. The van der Waals surface area contributed by atoms with E-state index in [1.807, 2.05) is 0 Å². The molecule has 1 unspecified atom stereocenters. The Morgan fingerprint density at radius 3 is 2.53 bits per heavy atom. The predicted octanol–water partition coefficient (Wildman–Crippen LogP) is 3.10. The third kappa shape index (κ3) is 4.09. The van der Waals surface area contributed by atoms with Crippen LogP contribution >= 0.6 is 11.6 Å². The first-order valence-electron chi connectivity index (χ1n) is 9.51. The zero-order valence-electron chi connectivity index (χ0n) is 16.7. The number of hydrogen-bond donors (Lipinski definition) is 2. The van der Waals surface area contributed by atoms with Crippen molar-refractivity contribution in [1.29, 1.82) is 0 Å². The van der Waals surface area contributed by atoms with Gasteiger partial charge in [-0.3, -0.25) is 14.8 Å². The Labute approximate surface area is 187 Å². The molecule has 4 rings (SSSR count). The van der Waals surface area contributed by atoms with Crippen LogP contribution in [0.25, 0.3) is 5.57 Å². The molecule has 10 heteroatoms. The number of pyridine rings is 1. The molecule has 2 N–H and O–H groups in total. The molecule has 1 atom stereocenters. The maximum Gasteiger partial charge on any atom is 0.307 e. The molecule has 164 valence electrons. The standard InChI is InChI=1S/C22H17ClFN3O4S/c1-12-17(9-20(28)29)21-19(26-12)7-6-18(24)22(21)32(30,31)16-4-2-14(3-5-16)27-15-8-13(23)10-25-11-15/h2-8,10-12,27H,9H2,1H3,(H,28,29). The van der Waals surface area contributed by atoms with Gasteiger partial charge in [-0.25, -0.2) is 12.8 Å². The van der Waals surface area contributed by atoms with E-state index in [4.69, 9.17) is 11.6 Å². The summed E-state index contributed by atoms with van der Waals surface area (Å²) in [5.74, 6) is -2.10. The van der Waals surface area contributed by atoms with Crippen molar-refractivity contribution in [2.24, 2.45) is 4.99 Å². The van der Waals surface area contributed by atoms with Crippen LogP contribution < -0.4 is 15.9 Å². The van der Waals surface area contributed by atoms with Gasteiger partial charge in [-0.1, -0.05) is 11.6 Å². The maximum absolute atomic E-state index is 14.9. The number of rotatable bonds is 6. The summed E-state index contributed by atoms with van der Waals surface area (Å²) in [6.45, 7) is 1.65. The molecule has 1 aliphatic heterocycles. The molecule has 1 aromatic heterocycles. The first-order valence-corrected chi connectivity index (χ1v) is 11.4. The number of anilines is 2. The second-order valence-electron chi connectivity index (χ2n) is 7.22. The number of fused-ring (bicyclic) bond motifs is 1. The van der Waals surface area contributed by atoms with E-state index in [-0.39, 0.29) is 21.0 Å². The van der Waals surface area contributed by atoms with E-state index in [2.05, 4.69) is 15.3 Å². The Hall–Kier alpha value is -3.30. The fourth-order valence-corrected chi connectivity index (χ4v) is 5.34. The minimum Gasteiger partial charge on any atom is -0.481 e. The van der Waals surface area contributed by atoms with Crippen molar-refractivity contribution in [2.75, 3.05) is 5.32 Å². The monoisotopic (exact) mass is 473 g/mol. The fraction of sp³-hybridized carbons (Fsp3) is 0.136. The van der Waals surface area contributed by atoms with Gasteiger partial charge in [-0.05, 0) is 55.0 Å². The Kier molecular flexibility index (Phi) is 5.70. The van der Waals surface area contributed by atoms with E-state index in [0.29, 0.717) is 16.4 Å². The van der Waals surface area contributed by atoms with E-state index in [1.165, 1.54) is 36.5 Å². The van der Waals surface area contributed by atoms with Crippen LogP contribution in [0.5, 0.6) is 0 Å². The van der Waals surface area contributed by atoms with Gasteiger partial charge >= 0.3 is 5.97 Å². The molecule has 0 saturated carbocycles. The number of aliphatic carboxylic acids is 1. The second kappa shape index (κ2) is 8.33. The van der Waals surface area contributed by atoms with Crippen molar-refractivity contribution in [3.63, 3.8) is 0 Å². The molecule has 0 bridgehead atoms. The van der Waals surface area contributed by atoms with Crippen molar-refractivity contribution in [1.82, 2.24) is 4.98 Å². The van der Waals surface area contributed by atoms with Crippen LogP contribution in [0.4, 0.5) is 15.8 Å². The summed E-state index contributed by atoms with van der Waals surface area (Å²) in [6.07, 6.45) is 2.61. The first kappa shape index (κ1) is 21.9. The van der Waals surface area contributed by atoms with E-state index in [0.717, 1.165) is 6.07 Å². The molecule has 32 heavy (non-hydrogen) atoms. The van der Waals surface area contributed by atoms with Crippen molar-refractivity contribution in [3.8, 4) is 0 Å². The molecule has 7 nitrogen and oxygen atoms in total. The molecule has 0 spiro atoms. The van der Waals surface area contributed by atoms with Gasteiger partial charge in [-0.15, -0.1) is 0 Å². The number of halogens is 2. The molecule has 0 fully saturated rings. The van der Waals surface area contributed by atoms with Crippen molar-refractivity contribution >= 4 is 44.4 Å². The number of sulfone groups is 1. The van der Waals surface area contributed by atoms with Gasteiger partial charge in [-0.2, -0.15) is 0 Å². The number of nitrogens with zero attached hydrogens (tertiary/aromatic N) is 2. The van der Waals surface area contributed by atoms with Crippen molar-refractivity contribution < 1.29 is 22.7 Å². The van der Waals surface area contributed by atoms with Crippen LogP contribution in [0.1, 0.15) is 13.3 Å². The predicted molar refractivity (Wildman–Crippen MR) is 117 cm³/mol. The molecule has 0 aliphatic carbocycles. The summed E-state index contributed by atoms with van der Waals surface area (Å²) in [7, 11) is -4.29. The number of carbonyl (C=O) groups is 1. The highest BCUT2D eigenvalue weighted by Gasteiger charge is 2.29. The summed E-state index contributed by atoms with van der Waals surface area (Å²) < 4.78 is 41.6. The Morgan fingerprint density at radius 1 is 1.16 bits per heavy atom. The SMILES string of the molecule is CC1N=c2ccc(F)c(S(=O)(=O)c3ccc(Nc4cncc(Cl)c4)cc3)c2=C1CC(=O)O.